The number of hydrogen-bond donors (Lipinski definition) is 1. The molecule has 20 heavy (non-hydrogen) atoms. The van der Waals surface area contributed by atoms with Crippen molar-refractivity contribution in [1.29, 1.82) is 0 Å². The Balaban J connectivity index is 1.70. The van der Waals surface area contributed by atoms with Crippen LogP contribution in [0.4, 0.5) is 0 Å². The Morgan fingerprint density at radius 2 is 2.05 bits per heavy atom. The van der Waals surface area contributed by atoms with Gasteiger partial charge < -0.3 is 14.6 Å². The molecule has 1 N–H and O–H groups in total. The molecule has 1 unspecified atom stereocenters. The Labute approximate surface area is 120 Å². The van der Waals surface area contributed by atoms with E-state index in [1.54, 1.807) is 7.11 Å². The summed E-state index contributed by atoms with van der Waals surface area (Å²) in [4.78, 5) is 0. The molecule has 1 heterocycles. The highest BCUT2D eigenvalue weighted by Crippen LogP contribution is 2.40. The SMILES string of the molecule is COc1ccc2c(c1)OC(CC1CCCCC1)C[C@H]2O. The highest BCUT2D eigenvalue weighted by Gasteiger charge is 2.29. The quantitative estimate of drug-likeness (QED) is 0.911. The zero-order valence-electron chi connectivity index (χ0n) is 12.2. The van der Waals surface area contributed by atoms with Crippen molar-refractivity contribution in [1.82, 2.24) is 0 Å². The lowest BCUT2D eigenvalue weighted by atomic mass is 9.83. The number of ether oxygens (including phenoxy) is 2. The van der Waals surface area contributed by atoms with E-state index in [4.69, 9.17) is 9.47 Å². The molecule has 0 aromatic heterocycles. The zero-order valence-corrected chi connectivity index (χ0v) is 12.2. The summed E-state index contributed by atoms with van der Waals surface area (Å²) in [6, 6.07) is 5.69. The number of rotatable bonds is 3. The van der Waals surface area contributed by atoms with Crippen molar-refractivity contribution >= 4 is 0 Å². The van der Waals surface area contributed by atoms with Crippen molar-refractivity contribution in [2.45, 2.75) is 57.2 Å². The number of hydrogen-bond acceptors (Lipinski definition) is 3. The summed E-state index contributed by atoms with van der Waals surface area (Å²) in [6.07, 6.45) is 8.26. The first kappa shape index (κ1) is 13.7. The molecule has 110 valence electrons. The molecule has 0 spiro atoms. The molecule has 1 aliphatic carbocycles. The maximum Gasteiger partial charge on any atom is 0.129 e. The van der Waals surface area contributed by atoms with Gasteiger partial charge in [-0.15, -0.1) is 0 Å². The van der Waals surface area contributed by atoms with Crippen LogP contribution < -0.4 is 9.47 Å². The van der Waals surface area contributed by atoms with E-state index < -0.39 is 6.10 Å². The van der Waals surface area contributed by atoms with Gasteiger partial charge in [0.25, 0.3) is 0 Å². The second-order valence-corrected chi connectivity index (χ2v) is 6.13. The molecule has 2 atom stereocenters. The molecule has 1 aromatic rings. The van der Waals surface area contributed by atoms with Gasteiger partial charge in [0.1, 0.15) is 17.6 Å². The first-order valence-electron chi connectivity index (χ1n) is 7.79. The topological polar surface area (TPSA) is 38.7 Å². The first-order chi connectivity index (χ1) is 9.76. The molecule has 1 aromatic carbocycles. The summed E-state index contributed by atoms with van der Waals surface area (Å²) in [6.45, 7) is 0. The van der Waals surface area contributed by atoms with Crippen LogP contribution in [0.1, 0.15) is 56.6 Å². The molecule has 2 aliphatic rings. The zero-order chi connectivity index (χ0) is 13.9. The second-order valence-electron chi connectivity index (χ2n) is 6.13. The number of fused-ring (bicyclic) bond motifs is 1. The van der Waals surface area contributed by atoms with E-state index in [0.717, 1.165) is 35.8 Å². The molecule has 3 rings (SSSR count). The summed E-state index contributed by atoms with van der Waals surface area (Å²) in [5, 5.41) is 10.3. The van der Waals surface area contributed by atoms with Gasteiger partial charge in [0.2, 0.25) is 0 Å². The molecular formula is C17H24O3. The summed E-state index contributed by atoms with van der Waals surface area (Å²) in [5.41, 5.74) is 0.894. The van der Waals surface area contributed by atoms with E-state index in [0.29, 0.717) is 0 Å². The van der Waals surface area contributed by atoms with E-state index >= 15 is 0 Å². The number of aliphatic hydroxyl groups excluding tert-OH is 1. The van der Waals surface area contributed by atoms with E-state index in [1.807, 2.05) is 18.2 Å². The van der Waals surface area contributed by atoms with Gasteiger partial charge in [0.05, 0.1) is 13.2 Å². The van der Waals surface area contributed by atoms with E-state index in [-0.39, 0.29) is 6.10 Å². The third-order valence-electron chi connectivity index (χ3n) is 4.68. The van der Waals surface area contributed by atoms with Crippen LogP contribution in [0.5, 0.6) is 11.5 Å². The summed E-state index contributed by atoms with van der Waals surface area (Å²) in [7, 11) is 1.65. The summed E-state index contributed by atoms with van der Waals surface area (Å²) >= 11 is 0. The van der Waals surface area contributed by atoms with Crippen LogP contribution in [0.25, 0.3) is 0 Å². The van der Waals surface area contributed by atoms with Gasteiger partial charge in [0, 0.05) is 18.1 Å². The summed E-state index contributed by atoms with van der Waals surface area (Å²) in [5.74, 6) is 2.35. The Kier molecular flexibility index (Phi) is 4.16. The Bertz CT molecular complexity index is 452. The van der Waals surface area contributed by atoms with E-state index in [1.165, 1.54) is 32.1 Å². The molecule has 1 saturated carbocycles. The fourth-order valence-corrected chi connectivity index (χ4v) is 3.56. The molecular weight excluding hydrogens is 252 g/mol. The van der Waals surface area contributed by atoms with Gasteiger partial charge in [-0.05, 0) is 24.5 Å². The van der Waals surface area contributed by atoms with Crippen LogP contribution in [0.3, 0.4) is 0 Å². The highest BCUT2D eigenvalue weighted by molar-refractivity contribution is 5.43. The third kappa shape index (κ3) is 2.93. The van der Waals surface area contributed by atoms with E-state index in [2.05, 4.69) is 0 Å². The molecule has 0 saturated heterocycles. The second kappa shape index (κ2) is 6.04. The predicted molar refractivity (Wildman–Crippen MR) is 78.2 cm³/mol. The van der Waals surface area contributed by atoms with Crippen LogP contribution >= 0.6 is 0 Å². The van der Waals surface area contributed by atoms with Gasteiger partial charge in [0.15, 0.2) is 0 Å². The van der Waals surface area contributed by atoms with Gasteiger partial charge >= 0.3 is 0 Å². The minimum Gasteiger partial charge on any atom is -0.497 e. The van der Waals surface area contributed by atoms with Crippen LogP contribution in [0, 0.1) is 5.92 Å². The van der Waals surface area contributed by atoms with Crippen LogP contribution in [-0.2, 0) is 0 Å². The Hall–Kier alpha value is -1.22. The average Bonchev–Trinajstić information content (AvgIpc) is 2.47. The van der Waals surface area contributed by atoms with Gasteiger partial charge in [-0.1, -0.05) is 32.1 Å². The maximum absolute atomic E-state index is 10.3. The standard InChI is InChI=1S/C17H24O3/c1-19-13-7-8-15-16(18)10-14(20-17(15)11-13)9-12-5-3-2-4-6-12/h7-8,11-12,14,16,18H,2-6,9-10H2,1H3/t14?,16-/m1/s1. The molecule has 3 heteroatoms. The largest absolute Gasteiger partial charge is 0.497 e. The molecule has 3 nitrogen and oxygen atoms in total. The van der Waals surface area contributed by atoms with Crippen molar-refractivity contribution in [2.75, 3.05) is 7.11 Å². The van der Waals surface area contributed by atoms with Gasteiger partial charge in [-0.3, -0.25) is 0 Å². The molecule has 1 fully saturated rings. The smallest absolute Gasteiger partial charge is 0.129 e. The van der Waals surface area contributed by atoms with Crippen molar-refractivity contribution in [2.24, 2.45) is 5.92 Å². The van der Waals surface area contributed by atoms with Gasteiger partial charge in [-0.25, -0.2) is 0 Å². The van der Waals surface area contributed by atoms with Crippen LogP contribution in [0.2, 0.25) is 0 Å². The van der Waals surface area contributed by atoms with Crippen molar-refractivity contribution in [3.8, 4) is 11.5 Å². The first-order valence-corrected chi connectivity index (χ1v) is 7.79. The number of benzene rings is 1. The number of methoxy groups -OCH3 is 1. The molecule has 0 amide bonds. The molecule has 0 bridgehead atoms. The van der Waals surface area contributed by atoms with Crippen molar-refractivity contribution < 1.29 is 14.6 Å². The molecule has 0 radical (unpaired) electrons. The van der Waals surface area contributed by atoms with Crippen molar-refractivity contribution in [3.63, 3.8) is 0 Å². The average molecular weight is 276 g/mol. The van der Waals surface area contributed by atoms with Crippen molar-refractivity contribution in [3.05, 3.63) is 23.8 Å². The minimum absolute atomic E-state index is 0.146. The Morgan fingerprint density at radius 1 is 1.25 bits per heavy atom. The minimum atomic E-state index is -0.404. The molecule has 1 aliphatic heterocycles. The monoisotopic (exact) mass is 276 g/mol. The maximum atomic E-state index is 10.3. The lowest BCUT2D eigenvalue weighted by Gasteiger charge is -2.33. The van der Waals surface area contributed by atoms with E-state index in [9.17, 15) is 5.11 Å². The Morgan fingerprint density at radius 3 is 2.80 bits per heavy atom. The highest BCUT2D eigenvalue weighted by atomic mass is 16.5. The fraction of sp³-hybridized carbons (Fsp3) is 0.647. The van der Waals surface area contributed by atoms with Crippen LogP contribution in [-0.4, -0.2) is 18.3 Å². The summed E-state index contributed by atoms with van der Waals surface area (Å²) < 4.78 is 11.3. The normalized spacial score (nSPS) is 26.7. The van der Waals surface area contributed by atoms with Gasteiger partial charge in [-0.2, -0.15) is 0 Å². The predicted octanol–water partition coefficient (Wildman–Crippen LogP) is 3.85. The lowest BCUT2D eigenvalue weighted by molar-refractivity contribution is 0.0492. The third-order valence-corrected chi connectivity index (χ3v) is 4.68. The fourth-order valence-electron chi connectivity index (χ4n) is 3.56. The lowest BCUT2D eigenvalue weighted by Crippen LogP contribution is -2.28. The van der Waals surface area contributed by atoms with Crippen LogP contribution in [0.15, 0.2) is 18.2 Å². The number of aliphatic hydroxyl groups is 1.